The molecule has 0 unspecified atom stereocenters. The monoisotopic (exact) mass is 580 g/mol. The molecule has 1 aliphatic carbocycles. The van der Waals surface area contributed by atoms with Crippen molar-refractivity contribution in [3.05, 3.63) is 52.6 Å². The summed E-state index contributed by atoms with van der Waals surface area (Å²) >= 11 is 8.04. The number of phenolic OH excluding ortho intramolecular Hbond substituents is 1. The molecule has 1 N–H and O–H groups in total. The number of cyclic esters (lactones) is 1. The zero-order chi connectivity index (χ0) is 24.6. The summed E-state index contributed by atoms with van der Waals surface area (Å²) in [6.07, 6.45) is 6.23. The molecule has 182 valence electrons. The number of alkyl halides is 2. The summed E-state index contributed by atoms with van der Waals surface area (Å²) in [5.74, 6) is -0.131. The van der Waals surface area contributed by atoms with Gasteiger partial charge in [0.05, 0.1) is 5.56 Å². The Morgan fingerprint density at radius 1 is 1.12 bits per heavy atom. The average molecular weight is 582 g/mol. The van der Waals surface area contributed by atoms with E-state index < -0.39 is 0 Å². The summed E-state index contributed by atoms with van der Waals surface area (Å²) in [6, 6.07) is 5.09. The van der Waals surface area contributed by atoms with Crippen LogP contribution in [0.3, 0.4) is 0 Å². The fourth-order valence-corrected chi connectivity index (χ4v) is 6.47. The Bertz CT molecular complexity index is 948. The van der Waals surface area contributed by atoms with Gasteiger partial charge in [0.25, 0.3) is 0 Å². The average Bonchev–Trinajstić information content (AvgIpc) is 2.75. The quantitative estimate of drug-likeness (QED) is 0.206. The van der Waals surface area contributed by atoms with E-state index in [1.807, 2.05) is 13.0 Å². The second-order valence-corrected chi connectivity index (χ2v) is 13.2. The van der Waals surface area contributed by atoms with E-state index in [1.165, 1.54) is 11.1 Å². The standard InChI is InChI=1S/C28H38Br2O3/c1-17(2)23-11-13-27(4,5)24(29)12-14-28(6)21(18(3)7-10-25(28)30)16-20-15-19(26(32)33-23)8-9-22(20)31/h8-9,15,23-25,31H,1,7,10-14,16H2,2-6H3/t23-,24+,25-,28-/m0/s1. The van der Waals surface area contributed by atoms with E-state index >= 15 is 0 Å². The van der Waals surface area contributed by atoms with Crippen molar-refractivity contribution in [1.82, 2.24) is 0 Å². The Balaban J connectivity index is 2.08. The summed E-state index contributed by atoms with van der Waals surface area (Å²) in [5, 5.41) is 10.7. The second-order valence-electron chi connectivity index (χ2n) is 11.0. The van der Waals surface area contributed by atoms with Gasteiger partial charge in [0.1, 0.15) is 11.9 Å². The number of hydrogen-bond acceptors (Lipinski definition) is 3. The molecule has 5 heteroatoms. The minimum atomic E-state index is -0.359. The molecule has 2 bridgehead atoms. The molecule has 4 atom stereocenters. The van der Waals surface area contributed by atoms with Crippen LogP contribution in [0.5, 0.6) is 5.75 Å². The molecule has 3 rings (SSSR count). The van der Waals surface area contributed by atoms with Crippen molar-refractivity contribution < 1.29 is 14.6 Å². The highest BCUT2D eigenvalue weighted by molar-refractivity contribution is 9.09. The number of hydrogen-bond donors (Lipinski definition) is 1. The molecular formula is C28H38Br2O3. The van der Waals surface area contributed by atoms with Crippen molar-refractivity contribution in [2.24, 2.45) is 10.8 Å². The zero-order valence-electron chi connectivity index (χ0n) is 20.6. The minimum Gasteiger partial charge on any atom is -0.508 e. The Morgan fingerprint density at radius 2 is 1.82 bits per heavy atom. The minimum absolute atomic E-state index is 0.0200. The highest BCUT2D eigenvalue weighted by atomic mass is 79.9. The maximum absolute atomic E-state index is 13.1. The van der Waals surface area contributed by atoms with Gasteiger partial charge in [-0.1, -0.05) is 70.4 Å². The van der Waals surface area contributed by atoms with Crippen LogP contribution in [0.1, 0.15) is 89.1 Å². The molecule has 3 nitrogen and oxygen atoms in total. The first-order chi connectivity index (χ1) is 15.3. The number of carbonyl (C=O) groups is 1. The Morgan fingerprint density at radius 3 is 2.48 bits per heavy atom. The maximum atomic E-state index is 13.1. The van der Waals surface area contributed by atoms with Crippen LogP contribution in [0.15, 0.2) is 41.5 Å². The van der Waals surface area contributed by atoms with E-state index in [0.29, 0.717) is 21.6 Å². The fraction of sp³-hybridized carbons (Fsp3) is 0.607. The summed E-state index contributed by atoms with van der Waals surface area (Å²) in [7, 11) is 0. The van der Waals surface area contributed by atoms with Crippen molar-refractivity contribution in [3.63, 3.8) is 0 Å². The van der Waals surface area contributed by atoms with Gasteiger partial charge in [0, 0.05) is 15.1 Å². The number of ether oxygens (including phenoxy) is 1. The van der Waals surface area contributed by atoms with Crippen LogP contribution in [0, 0.1) is 10.8 Å². The number of allylic oxidation sites excluding steroid dienone is 2. The molecule has 0 spiro atoms. The number of rotatable bonds is 1. The van der Waals surface area contributed by atoms with Crippen LogP contribution in [0.25, 0.3) is 0 Å². The van der Waals surface area contributed by atoms with Gasteiger partial charge >= 0.3 is 5.97 Å². The van der Waals surface area contributed by atoms with Crippen molar-refractivity contribution in [3.8, 4) is 5.75 Å². The molecule has 1 heterocycles. The predicted octanol–water partition coefficient (Wildman–Crippen LogP) is 8.28. The van der Waals surface area contributed by atoms with Gasteiger partial charge < -0.3 is 9.84 Å². The van der Waals surface area contributed by atoms with E-state index in [1.54, 1.807) is 12.1 Å². The van der Waals surface area contributed by atoms with Crippen LogP contribution in [0.4, 0.5) is 0 Å². The lowest BCUT2D eigenvalue weighted by atomic mass is 9.66. The van der Waals surface area contributed by atoms with E-state index in [-0.39, 0.29) is 28.7 Å². The molecule has 1 aromatic carbocycles. The van der Waals surface area contributed by atoms with Crippen LogP contribution in [0.2, 0.25) is 0 Å². The highest BCUT2D eigenvalue weighted by Crippen LogP contribution is 2.51. The molecule has 0 saturated heterocycles. The number of carbonyl (C=O) groups excluding carboxylic acids is 1. The summed E-state index contributed by atoms with van der Waals surface area (Å²) < 4.78 is 5.91. The number of halogens is 2. The van der Waals surface area contributed by atoms with E-state index in [0.717, 1.165) is 49.7 Å². The molecule has 33 heavy (non-hydrogen) atoms. The lowest BCUT2D eigenvalue weighted by Crippen LogP contribution is -2.37. The van der Waals surface area contributed by atoms with Crippen molar-refractivity contribution in [2.45, 2.75) is 95.3 Å². The molecule has 0 fully saturated rings. The molecular weight excluding hydrogens is 544 g/mol. The molecule has 0 radical (unpaired) electrons. The number of benzene rings is 1. The van der Waals surface area contributed by atoms with E-state index in [4.69, 9.17) is 4.74 Å². The first-order valence-electron chi connectivity index (χ1n) is 12.0. The van der Waals surface area contributed by atoms with Gasteiger partial charge in [-0.3, -0.25) is 0 Å². The van der Waals surface area contributed by atoms with Gasteiger partial charge in [-0.25, -0.2) is 4.79 Å². The third-order valence-electron chi connectivity index (χ3n) is 7.97. The topological polar surface area (TPSA) is 46.5 Å². The normalized spacial score (nSPS) is 31.1. The van der Waals surface area contributed by atoms with E-state index in [2.05, 4.69) is 66.1 Å². The van der Waals surface area contributed by atoms with Gasteiger partial charge in [-0.15, -0.1) is 0 Å². The summed E-state index contributed by atoms with van der Waals surface area (Å²) in [4.78, 5) is 13.8. The third-order valence-corrected chi connectivity index (χ3v) is 11.1. The molecule has 2 aliphatic rings. The maximum Gasteiger partial charge on any atom is 0.338 e. The number of aromatic hydroxyl groups is 1. The van der Waals surface area contributed by atoms with Gasteiger partial charge in [-0.05, 0) is 93.5 Å². The Hall–Kier alpha value is -1.07. The van der Waals surface area contributed by atoms with Crippen LogP contribution < -0.4 is 0 Å². The third kappa shape index (κ3) is 5.78. The summed E-state index contributed by atoms with van der Waals surface area (Å²) in [6.45, 7) is 15.2. The SMILES string of the molecule is C=C(C)[C@@H]1CCC(C)(C)[C@H](Br)CC[C@@]2(C)C(=C(C)CC[C@@H]2Br)Cc2cc(ccc2O)C(=O)O1. The van der Waals surface area contributed by atoms with Crippen molar-refractivity contribution in [1.29, 1.82) is 0 Å². The lowest BCUT2D eigenvalue weighted by molar-refractivity contribution is 0.0334. The van der Waals surface area contributed by atoms with Crippen molar-refractivity contribution >= 4 is 37.8 Å². The van der Waals surface area contributed by atoms with Crippen LogP contribution in [-0.4, -0.2) is 26.8 Å². The first-order valence-corrected chi connectivity index (χ1v) is 13.8. The van der Waals surface area contributed by atoms with Crippen LogP contribution in [-0.2, 0) is 11.2 Å². The number of fused-ring (bicyclic) bond motifs is 3. The number of esters is 1. The van der Waals surface area contributed by atoms with Crippen molar-refractivity contribution in [2.75, 3.05) is 0 Å². The van der Waals surface area contributed by atoms with E-state index in [9.17, 15) is 9.90 Å². The van der Waals surface area contributed by atoms with Gasteiger partial charge in [0.15, 0.2) is 0 Å². The Labute approximate surface area is 216 Å². The Kier molecular flexibility index (Phi) is 8.26. The highest BCUT2D eigenvalue weighted by Gasteiger charge is 2.41. The molecule has 0 saturated carbocycles. The smallest absolute Gasteiger partial charge is 0.338 e. The number of phenols is 1. The fourth-order valence-electron chi connectivity index (χ4n) is 5.27. The largest absolute Gasteiger partial charge is 0.508 e. The van der Waals surface area contributed by atoms with Gasteiger partial charge in [0.2, 0.25) is 0 Å². The first kappa shape index (κ1) is 26.5. The second kappa shape index (κ2) is 10.3. The molecule has 0 amide bonds. The summed E-state index contributed by atoms with van der Waals surface area (Å²) in [5.41, 5.74) is 4.92. The predicted molar refractivity (Wildman–Crippen MR) is 144 cm³/mol. The van der Waals surface area contributed by atoms with Gasteiger partial charge in [-0.2, -0.15) is 0 Å². The van der Waals surface area contributed by atoms with Crippen LogP contribution >= 0.6 is 31.9 Å². The molecule has 1 aliphatic heterocycles. The zero-order valence-corrected chi connectivity index (χ0v) is 23.8. The molecule has 0 aromatic heterocycles. The lowest BCUT2D eigenvalue weighted by Gasteiger charge is -2.44. The molecule has 1 aromatic rings.